The van der Waals surface area contributed by atoms with Gasteiger partial charge in [-0.3, -0.25) is 14.4 Å². The van der Waals surface area contributed by atoms with E-state index in [4.69, 9.17) is 10.8 Å². The third-order valence-electron chi connectivity index (χ3n) is 2.19. The minimum atomic E-state index is -1.21. The number of hydrogen-bond acceptors (Lipinski definition) is 7. The SMILES string of the molecule is C[C@@H](N)CCC(=O)N[C@@H](CSN=O)C(=O)NCC(=O)O. The number of aliphatic carboxylic acids is 1. The summed E-state index contributed by atoms with van der Waals surface area (Å²) >= 11 is 0.567. The van der Waals surface area contributed by atoms with Crippen LogP contribution in [0.3, 0.4) is 0 Å². The molecule has 5 N–H and O–H groups in total. The number of nitrogens with two attached hydrogens (primary N) is 1. The molecule has 20 heavy (non-hydrogen) atoms. The smallest absolute Gasteiger partial charge is 0.322 e. The van der Waals surface area contributed by atoms with Crippen LogP contribution >= 0.6 is 11.9 Å². The highest BCUT2D eigenvalue weighted by atomic mass is 32.2. The van der Waals surface area contributed by atoms with Gasteiger partial charge in [-0.1, -0.05) is 0 Å². The van der Waals surface area contributed by atoms with Gasteiger partial charge in [0, 0.05) is 34.7 Å². The number of carbonyl (C=O) groups is 3. The zero-order valence-corrected chi connectivity index (χ0v) is 11.8. The number of carboxylic acids is 1. The molecule has 114 valence electrons. The number of hydrogen-bond donors (Lipinski definition) is 4. The van der Waals surface area contributed by atoms with Crippen LogP contribution < -0.4 is 16.4 Å². The summed E-state index contributed by atoms with van der Waals surface area (Å²) in [7, 11) is 0. The van der Waals surface area contributed by atoms with Gasteiger partial charge in [0.05, 0.1) is 0 Å². The first-order chi connectivity index (χ1) is 9.36. The second-order valence-corrected chi connectivity index (χ2v) is 4.86. The van der Waals surface area contributed by atoms with Crippen molar-refractivity contribution >= 4 is 29.7 Å². The predicted molar refractivity (Wildman–Crippen MR) is 73.7 cm³/mol. The van der Waals surface area contributed by atoms with E-state index in [1.807, 2.05) is 0 Å². The Bertz CT molecular complexity index is 364. The van der Waals surface area contributed by atoms with E-state index in [1.165, 1.54) is 0 Å². The fourth-order valence-electron chi connectivity index (χ4n) is 1.20. The third-order valence-corrected chi connectivity index (χ3v) is 2.77. The molecule has 0 aromatic carbocycles. The van der Waals surface area contributed by atoms with Gasteiger partial charge in [0.1, 0.15) is 12.6 Å². The lowest BCUT2D eigenvalue weighted by molar-refractivity contribution is -0.138. The lowest BCUT2D eigenvalue weighted by atomic mass is 10.2. The molecule has 0 rings (SSSR count). The standard InChI is InChI=1S/C10H18N4O5S/c1-6(11)2-3-8(15)13-7(5-20-14-19)10(18)12-4-9(16)17/h6-7H,2-5,11H2,1H3,(H,12,18)(H,13,15)(H,16,17)/t6-,7+/m1/s1. The highest BCUT2D eigenvalue weighted by Crippen LogP contribution is 2.04. The van der Waals surface area contributed by atoms with E-state index in [1.54, 1.807) is 6.92 Å². The van der Waals surface area contributed by atoms with Crippen molar-refractivity contribution in [2.24, 2.45) is 10.3 Å². The molecule has 0 aromatic heterocycles. The summed E-state index contributed by atoms with van der Waals surface area (Å²) in [4.78, 5) is 43.6. The first kappa shape index (κ1) is 18.3. The van der Waals surface area contributed by atoms with Crippen molar-refractivity contribution in [1.29, 1.82) is 0 Å². The second kappa shape index (κ2) is 10.1. The summed E-state index contributed by atoms with van der Waals surface area (Å²) in [5, 5.41) is 13.0. The Balaban J connectivity index is 4.38. The zero-order chi connectivity index (χ0) is 15.5. The molecular formula is C10H18N4O5S. The summed E-state index contributed by atoms with van der Waals surface area (Å²) < 4.78 is 2.53. The second-order valence-electron chi connectivity index (χ2n) is 4.12. The topological polar surface area (TPSA) is 151 Å². The maximum absolute atomic E-state index is 11.7. The van der Waals surface area contributed by atoms with Gasteiger partial charge >= 0.3 is 5.97 Å². The van der Waals surface area contributed by atoms with E-state index in [-0.39, 0.29) is 18.2 Å². The number of nitrogens with one attached hydrogen (secondary N) is 2. The Labute approximate surface area is 120 Å². The number of carbonyl (C=O) groups excluding carboxylic acids is 2. The Morgan fingerprint density at radius 1 is 1.40 bits per heavy atom. The van der Waals surface area contributed by atoms with Crippen molar-refractivity contribution in [2.45, 2.75) is 31.8 Å². The average Bonchev–Trinajstić information content (AvgIpc) is 2.38. The Kier molecular flexibility index (Phi) is 9.30. The lowest BCUT2D eigenvalue weighted by Gasteiger charge is -2.16. The number of rotatable bonds is 10. The predicted octanol–water partition coefficient (Wildman–Crippen LogP) is -0.786. The van der Waals surface area contributed by atoms with E-state index in [0.717, 1.165) is 0 Å². The molecule has 0 bridgehead atoms. The van der Waals surface area contributed by atoms with Gasteiger partial charge in [0.25, 0.3) is 0 Å². The van der Waals surface area contributed by atoms with Crippen LogP contribution in [0.1, 0.15) is 19.8 Å². The van der Waals surface area contributed by atoms with Gasteiger partial charge in [0.2, 0.25) is 11.8 Å². The zero-order valence-electron chi connectivity index (χ0n) is 11.0. The number of carboxylic acid groups (broad SMARTS) is 1. The minimum Gasteiger partial charge on any atom is -0.480 e. The van der Waals surface area contributed by atoms with Crippen molar-refractivity contribution in [3.05, 3.63) is 4.91 Å². The number of amides is 2. The quantitative estimate of drug-likeness (QED) is 0.305. The minimum absolute atomic E-state index is 0.0706. The Morgan fingerprint density at radius 3 is 2.55 bits per heavy atom. The fourth-order valence-corrected chi connectivity index (χ4v) is 1.64. The molecule has 0 radical (unpaired) electrons. The molecule has 2 amide bonds. The first-order valence-electron chi connectivity index (χ1n) is 5.85. The first-order valence-corrected chi connectivity index (χ1v) is 6.80. The summed E-state index contributed by atoms with van der Waals surface area (Å²) in [5.41, 5.74) is 5.51. The van der Waals surface area contributed by atoms with Crippen LogP contribution in [0.2, 0.25) is 0 Å². The summed E-state index contributed by atoms with van der Waals surface area (Å²) in [6, 6.07) is -1.16. The normalized spacial score (nSPS) is 13.1. The molecule has 0 spiro atoms. The van der Waals surface area contributed by atoms with Crippen molar-refractivity contribution < 1.29 is 19.5 Å². The van der Waals surface area contributed by atoms with Gasteiger partial charge in [-0.05, 0) is 13.3 Å². The van der Waals surface area contributed by atoms with Crippen LogP contribution in [0, 0.1) is 4.91 Å². The van der Waals surface area contributed by atoms with Crippen molar-refractivity contribution in [2.75, 3.05) is 12.3 Å². The molecule has 0 fully saturated rings. The van der Waals surface area contributed by atoms with Crippen LogP contribution in [-0.2, 0) is 14.4 Å². The largest absolute Gasteiger partial charge is 0.480 e. The maximum atomic E-state index is 11.7. The Morgan fingerprint density at radius 2 is 2.05 bits per heavy atom. The summed E-state index contributed by atoms with van der Waals surface area (Å²) in [5.74, 6) is -2.36. The molecule has 0 aliphatic carbocycles. The van der Waals surface area contributed by atoms with E-state index >= 15 is 0 Å². The molecule has 0 aliphatic heterocycles. The van der Waals surface area contributed by atoms with Crippen molar-refractivity contribution in [3.8, 4) is 0 Å². The van der Waals surface area contributed by atoms with Crippen molar-refractivity contribution in [3.63, 3.8) is 0 Å². The molecule has 0 unspecified atom stereocenters. The van der Waals surface area contributed by atoms with Gasteiger partial charge < -0.3 is 21.5 Å². The van der Waals surface area contributed by atoms with Crippen LogP contribution in [0.15, 0.2) is 4.58 Å². The molecule has 9 nitrogen and oxygen atoms in total. The number of nitrogens with zero attached hydrogens (tertiary/aromatic N) is 1. The molecular weight excluding hydrogens is 288 g/mol. The van der Waals surface area contributed by atoms with E-state index in [9.17, 15) is 19.3 Å². The van der Waals surface area contributed by atoms with Crippen LogP contribution in [0.5, 0.6) is 0 Å². The highest BCUT2D eigenvalue weighted by molar-refractivity contribution is 7.97. The Hall–Kier alpha value is -1.68. The monoisotopic (exact) mass is 306 g/mol. The van der Waals surface area contributed by atoms with Crippen LogP contribution in [-0.4, -0.2) is 47.3 Å². The van der Waals surface area contributed by atoms with E-state index < -0.39 is 30.4 Å². The average molecular weight is 306 g/mol. The molecule has 0 aromatic rings. The van der Waals surface area contributed by atoms with Gasteiger partial charge in [-0.25, -0.2) is 0 Å². The van der Waals surface area contributed by atoms with Gasteiger partial charge in [-0.2, -0.15) is 0 Å². The van der Waals surface area contributed by atoms with Gasteiger partial charge in [-0.15, -0.1) is 4.91 Å². The molecule has 0 saturated carbocycles. The molecule has 10 heteroatoms. The molecule has 2 atom stereocenters. The van der Waals surface area contributed by atoms with E-state index in [2.05, 4.69) is 15.2 Å². The van der Waals surface area contributed by atoms with Crippen molar-refractivity contribution in [1.82, 2.24) is 10.6 Å². The molecule has 0 heterocycles. The maximum Gasteiger partial charge on any atom is 0.322 e. The number of nitroso groups, excluding NO2 is 1. The fraction of sp³-hybridized carbons (Fsp3) is 0.700. The van der Waals surface area contributed by atoms with Crippen LogP contribution in [0.4, 0.5) is 0 Å². The highest BCUT2D eigenvalue weighted by Gasteiger charge is 2.21. The molecule has 0 saturated heterocycles. The third kappa shape index (κ3) is 9.28. The summed E-state index contributed by atoms with van der Waals surface area (Å²) in [6.45, 7) is 1.18. The van der Waals surface area contributed by atoms with Gasteiger partial charge in [0.15, 0.2) is 0 Å². The van der Waals surface area contributed by atoms with E-state index in [0.29, 0.717) is 18.4 Å². The summed E-state index contributed by atoms with van der Waals surface area (Å²) in [6.07, 6.45) is 0.591. The lowest BCUT2D eigenvalue weighted by Crippen LogP contribution is -2.49. The molecule has 0 aliphatic rings. The van der Waals surface area contributed by atoms with Crippen LogP contribution in [0.25, 0.3) is 0 Å².